The summed E-state index contributed by atoms with van der Waals surface area (Å²) in [6.45, 7) is 6.89. The van der Waals surface area contributed by atoms with Crippen molar-refractivity contribution in [1.29, 1.82) is 0 Å². The molecule has 16 heavy (non-hydrogen) atoms. The number of aromatic nitrogens is 1. The number of hydrogen-bond acceptors (Lipinski definition) is 4. The zero-order valence-electron chi connectivity index (χ0n) is 9.77. The highest BCUT2D eigenvalue weighted by Crippen LogP contribution is 2.16. The molecule has 0 saturated carbocycles. The number of nitrogens with zero attached hydrogens (tertiary/aromatic N) is 3. The minimum absolute atomic E-state index is 0.225. The Bertz CT molecular complexity index is 367. The Morgan fingerprint density at radius 2 is 2.12 bits per heavy atom. The van der Waals surface area contributed by atoms with Gasteiger partial charge in [-0.1, -0.05) is 6.92 Å². The Labute approximate surface area is 95.0 Å². The summed E-state index contributed by atoms with van der Waals surface area (Å²) in [5, 5.41) is 0. The average Bonchev–Trinajstić information content (AvgIpc) is 2.75. The van der Waals surface area contributed by atoms with Crippen LogP contribution < -0.4 is 4.90 Å². The summed E-state index contributed by atoms with van der Waals surface area (Å²) in [5.74, 6) is 1.05. The van der Waals surface area contributed by atoms with E-state index in [1.807, 2.05) is 18.7 Å². The van der Waals surface area contributed by atoms with Crippen LogP contribution in [0.4, 0.5) is 6.01 Å². The fourth-order valence-electron chi connectivity index (χ4n) is 1.86. The van der Waals surface area contributed by atoms with Gasteiger partial charge in [-0.3, -0.25) is 4.79 Å². The molecule has 0 radical (unpaired) electrons. The van der Waals surface area contributed by atoms with Crippen LogP contribution >= 0.6 is 0 Å². The van der Waals surface area contributed by atoms with E-state index in [1.54, 1.807) is 6.20 Å². The second-order valence-corrected chi connectivity index (χ2v) is 3.97. The van der Waals surface area contributed by atoms with Gasteiger partial charge in [0.1, 0.15) is 5.76 Å². The lowest BCUT2D eigenvalue weighted by atomic mass is 10.3. The predicted molar refractivity (Wildman–Crippen MR) is 60.3 cm³/mol. The minimum Gasteiger partial charge on any atom is -0.429 e. The van der Waals surface area contributed by atoms with Gasteiger partial charge in [0.25, 0.3) is 6.01 Å². The number of amides is 1. The molecule has 5 heteroatoms. The lowest BCUT2D eigenvalue weighted by Gasteiger charge is -2.33. The maximum atomic E-state index is 11.5. The van der Waals surface area contributed by atoms with E-state index in [0.29, 0.717) is 12.4 Å². The molecular formula is C11H17N3O2. The smallest absolute Gasteiger partial charge is 0.297 e. The maximum absolute atomic E-state index is 11.5. The van der Waals surface area contributed by atoms with Crippen molar-refractivity contribution in [3.05, 3.63) is 12.0 Å². The zero-order chi connectivity index (χ0) is 11.5. The van der Waals surface area contributed by atoms with Crippen molar-refractivity contribution in [2.75, 3.05) is 31.1 Å². The summed E-state index contributed by atoms with van der Waals surface area (Å²) in [6, 6.07) is 0.668. The summed E-state index contributed by atoms with van der Waals surface area (Å²) in [4.78, 5) is 19.6. The summed E-state index contributed by atoms with van der Waals surface area (Å²) in [7, 11) is 0. The van der Waals surface area contributed by atoms with Crippen LogP contribution in [0.25, 0.3) is 0 Å². The molecule has 0 unspecified atom stereocenters. The van der Waals surface area contributed by atoms with Crippen LogP contribution in [-0.4, -0.2) is 42.0 Å². The first-order valence-corrected chi connectivity index (χ1v) is 5.66. The molecule has 0 aliphatic carbocycles. The van der Waals surface area contributed by atoms with Gasteiger partial charge in [-0.15, -0.1) is 0 Å². The molecule has 2 heterocycles. The van der Waals surface area contributed by atoms with Crippen LogP contribution in [0.15, 0.2) is 10.6 Å². The Kier molecular flexibility index (Phi) is 3.12. The van der Waals surface area contributed by atoms with E-state index in [1.165, 1.54) is 0 Å². The molecule has 5 nitrogen and oxygen atoms in total. The van der Waals surface area contributed by atoms with E-state index in [2.05, 4.69) is 9.88 Å². The van der Waals surface area contributed by atoms with Gasteiger partial charge in [0.2, 0.25) is 5.91 Å². The highest BCUT2D eigenvalue weighted by molar-refractivity contribution is 5.76. The normalized spacial score (nSPS) is 16.6. The minimum atomic E-state index is 0.225. The molecule has 0 N–H and O–H groups in total. The molecule has 1 amide bonds. The third-order valence-electron chi connectivity index (χ3n) is 2.81. The van der Waals surface area contributed by atoms with Crippen LogP contribution in [0.3, 0.4) is 0 Å². The molecular weight excluding hydrogens is 206 g/mol. The van der Waals surface area contributed by atoms with E-state index >= 15 is 0 Å². The molecule has 1 aliphatic heterocycles. The summed E-state index contributed by atoms with van der Waals surface area (Å²) >= 11 is 0. The standard InChI is InChI=1S/C11H17N3O2/c1-3-10(15)13-4-6-14(7-5-13)11-12-8-9(2)16-11/h8H,3-7H2,1-2H3. The van der Waals surface area contributed by atoms with E-state index in [-0.39, 0.29) is 5.91 Å². The van der Waals surface area contributed by atoms with Crippen LogP contribution in [0.2, 0.25) is 0 Å². The monoisotopic (exact) mass is 223 g/mol. The van der Waals surface area contributed by atoms with Crippen molar-refractivity contribution in [2.45, 2.75) is 20.3 Å². The molecule has 1 aromatic heterocycles. The fourth-order valence-corrected chi connectivity index (χ4v) is 1.86. The van der Waals surface area contributed by atoms with E-state index in [0.717, 1.165) is 31.9 Å². The van der Waals surface area contributed by atoms with Crippen LogP contribution in [0, 0.1) is 6.92 Å². The summed E-state index contributed by atoms with van der Waals surface area (Å²) < 4.78 is 5.46. The Balaban J connectivity index is 1.92. The van der Waals surface area contributed by atoms with E-state index < -0.39 is 0 Å². The van der Waals surface area contributed by atoms with Crippen LogP contribution in [0.5, 0.6) is 0 Å². The zero-order valence-corrected chi connectivity index (χ0v) is 9.77. The first-order chi connectivity index (χ1) is 7.70. The van der Waals surface area contributed by atoms with E-state index in [9.17, 15) is 4.79 Å². The summed E-state index contributed by atoms with van der Waals surface area (Å²) in [5.41, 5.74) is 0. The van der Waals surface area contributed by atoms with Gasteiger partial charge in [-0.2, -0.15) is 0 Å². The van der Waals surface area contributed by atoms with Gasteiger partial charge < -0.3 is 14.2 Å². The predicted octanol–water partition coefficient (Wildman–Crippen LogP) is 1.04. The number of hydrogen-bond donors (Lipinski definition) is 0. The second kappa shape index (κ2) is 4.55. The highest BCUT2D eigenvalue weighted by Gasteiger charge is 2.22. The van der Waals surface area contributed by atoms with Crippen LogP contribution in [-0.2, 0) is 4.79 Å². The number of piperazine rings is 1. The molecule has 0 bridgehead atoms. The van der Waals surface area contributed by atoms with Gasteiger partial charge in [0, 0.05) is 32.6 Å². The quantitative estimate of drug-likeness (QED) is 0.751. The number of rotatable bonds is 2. The summed E-state index contributed by atoms with van der Waals surface area (Å²) in [6.07, 6.45) is 2.30. The molecule has 1 aliphatic rings. The molecule has 0 atom stereocenters. The molecule has 2 rings (SSSR count). The van der Waals surface area contributed by atoms with Crippen LogP contribution in [0.1, 0.15) is 19.1 Å². The maximum Gasteiger partial charge on any atom is 0.297 e. The average molecular weight is 223 g/mol. The Hall–Kier alpha value is -1.52. The van der Waals surface area contributed by atoms with Crippen molar-refractivity contribution in [1.82, 2.24) is 9.88 Å². The largest absolute Gasteiger partial charge is 0.429 e. The number of carbonyl (C=O) groups excluding carboxylic acids is 1. The van der Waals surface area contributed by atoms with Crippen molar-refractivity contribution in [2.24, 2.45) is 0 Å². The van der Waals surface area contributed by atoms with Gasteiger partial charge in [0.15, 0.2) is 0 Å². The van der Waals surface area contributed by atoms with Gasteiger partial charge in [-0.25, -0.2) is 4.98 Å². The van der Waals surface area contributed by atoms with Crippen molar-refractivity contribution < 1.29 is 9.21 Å². The number of anilines is 1. The Morgan fingerprint density at radius 1 is 1.44 bits per heavy atom. The number of aryl methyl sites for hydroxylation is 1. The van der Waals surface area contributed by atoms with E-state index in [4.69, 9.17) is 4.42 Å². The Morgan fingerprint density at radius 3 is 2.62 bits per heavy atom. The highest BCUT2D eigenvalue weighted by atomic mass is 16.4. The molecule has 1 aromatic rings. The first kappa shape index (κ1) is 11.0. The van der Waals surface area contributed by atoms with Crippen molar-refractivity contribution in [3.63, 3.8) is 0 Å². The lowest BCUT2D eigenvalue weighted by Crippen LogP contribution is -2.48. The van der Waals surface area contributed by atoms with Gasteiger partial charge >= 0.3 is 0 Å². The second-order valence-electron chi connectivity index (χ2n) is 3.97. The third kappa shape index (κ3) is 2.18. The molecule has 0 aromatic carbocycles. The topological polar surface area (TPSA) is 49.6 Å². The molecule has 88 valence electrons. The number of carbonyl (C=O) groups is 1. The van der Waals surface area contributed by atoms with Gasteiger partial charge in [-0.05, 0) is 6.92 Å². The molecule has 0 spiro atoms. The molecule has 1 fully saturated rings. The van der Waals surface area contributed by atoms with Crippen molar-refractivity contribution >= 4 is 11.9 Å². The number of oxazole rings is 1. The lowest BCUT2D eigenvalue weighted by molar-refractivity contribution is -0.131. The van der Waals surface area contributed by atoms with Gasteiger partial charge in [0.05, 0.1) is 6.20 Å². The fraction of sp³-hybridized carbons (Fsp3) is 0.636. The first-order valence-electron chi connectivity index (χ1n) is 5.66. The SMILES string of the molecule is CCC(=O)N1CCN(c2ncc(C)o2)CC1. The van der Waals surface area contributed by atoms with Crippen molar-refractivity contribution in [3.8, 4) is 0 Å². The third-order valence-corrected chi connectivity index (χ3v) is 2.81. The molecule has 1 saturated heterocycles.